The molecule has 5 fully saturated rings. The monoisotopic (exact) mass is 386 g/mol. The van der Waals surface area contributed by atoms with E-state index in [0.717, 1.165) is 55.4 Å². The SMILES string of the molecule is Cc1ccc(Cl)cc1N1CCN(C(=O)CC23CC4CC(CC(C4)C2)C3)CC1. The van der Waals surface area contributed by atoms with Crippen molar-refractivity contribution >= 4 is 23.2 Å². The van der Waals surface area contributed by atoms with Crippen molar-refractivity contribution in [3.05, 3.63) is 28.8 Å². The molecule has 5 aliphatic rings. The number of hydrogen-bond donors (Lipinski definition) is 0. The van der Waals surface area contributed by atoms with Gasteiger partial charge in [0.2, 0.25) is 5.91 Å². The van der Waals surface area contributed by atoms with Crippen molar-refractivity contribution < 1.29 is 4.79 Å². The smallest absolute Gasteiger partial charge is 0.223 e. The highest BCUT2D eigenvalue weighted by Crippen LogP contribution is 2.61. The molecular formula is C23H31ClN2O. The Kier molecular flexibility index (Phi) is 4.42. The van der Waals surface area contributed by atoms with Gasteiger partial charge in [0, 0.05) is 43.3 Å². The molecule has 0 unspecified atom stereocenters. The van der Waals surface area contributed by atoms with Crippen molar-refractivity contribution in [2.45, 2.75) is 51.9 Å². The van der Waals surface area contributed by atoms with Gasteiger partial charge in [0.25, 0.3) is 0 Å². The van der Waals surface area contributed by atoms with Crippen molar-refractivity contribution in [1.29, 1.82) is 0 Å². The van der Waals surface area contributed by atoms with Crippen molar-refractivity contribution in [3.63, 3.8) is 0 Å². The predicted octanol–water partition coefficient (Wildman–Crippen LogP) is 4.90. The van der Waals surface area contributed by atoms with Gasteiger partial charge in [-0.25, -0.2) is 0 Å². The number of amides is 1. The third kappa shape index (κ3) is 3.37. The van der Waals surface area contributed by atoms with Gasteiger partial charge in [-0.15, -0.1) is 0 Å². The predicted molar refractivity (Wildman–Crippen MR) is 110 cm³/mol. The largest absolute Gasteiger partial charge is 0.368 e. The summed E-state index contributed by atoms with van der Waals surface area (Å²) in [6.45, 7) is 5.64. The molecule has 4 aliphatic carbocycles. The molecule has 27 heavy (non-hydrogen) atoms. The molecule has 1 aliphatic heterocycles. The molecule has 3 nitrogen and oxygen atoms in total. The number of carbonyl (C=O) groups excluding carboxylic acids is 1. The summed E-state index contributed by atoms with van der Waals surface area (Å²) in [5.41, 5.74) is 2.83. The van der Waals surface area contributed by atoms with Gasteiger partial charge < -0.3 is 9.80 Å². The molecule has 146 valence electrons. The Labute approximate surface area is 168 Å². The molecule has 0 radical (unpaired) electrons. The Morgan fingerprint density at radius 1 is 1.04 bits per heavy atom. The van der Waals surface area contributed by atoms with Crippen molar-refractivity contribution in [3.8, 4) is 0 Å². The first-order valence-electron chi connectivity index (χ1n) is 10.8. The molecule has 1 aromatic rings. The van der Waals surface area contributed by atoms with E-state index in [0.29, 0.717) is 11.3 Å². The lowest BCUT2D eigenvalue weighted by Crippen LogP contribution is -2.52. The minimum absolute atomic E-state index is 0.354. The van der Waals surface area contributed by atoms with Crippen molar-refractivity contribution in [2.75, 3.05) is 31.1 Å². The Morgan fingerprint density at radius 2 is 1.63 bits per heavy atom. The summed E-state index contributed by atoms with van der Waals surface area (Å²) in [7, 11) is 0. The first kappa shape index (κ1) is 17.8. The fraction of sp³-hybridized carbons (Fsp3) is 0.696. The average Bonchev–Trinajstić information content (AvgIpc) is 2.62. The number of carbonyl (C=O) groups is 1. The normalized spacial score (nSPS) is 35.0. The van der Waals surface area contributed by atoms with E-state index in [1.165, 1.54) is 49.8 Å². The second-order valence-electron chi connectivity index (χ2n) is 9.89. The maximum Gasteiger partial charge on any atom is 0.223 e. The van der Waals surface area contributed by atoms with Gasteiger partial charge in [0.15, 0.2) is 0 Å². The number of hydrogen-bond acceptors (Lipinski definition) is 2. The molecule has 1 saturated heterocycles. The van der Waals surface area contributed by atoms with Crippen LogP contribution in [-0.2, 0) is 4.79 Å². The van der Waals surface area contributed by atoms with Gasteiger partial charge >= 0.3 is 0 Å². The van der Waals surface area contributed by atoms with E-state index >= 15 is 0 Å². The number of aryl methyl sites for hydroxylation is 1. The van der Waals surface area contributed by atoms with Crippen LogP contribution in [0.15, 0.2) is 18.2 Å². The third-order valence-corrected chi connectivity index (χ3v) is 8.07. The molecule has 1 amide bonds. The molecule has 4 heteroatoms. The first-order chi connectivity index (χ1) is 13.0. The molecule has 0 aromatic heterocycles. The van der Waals surface area contributed by atoms with E-state index in [2.05, 4.69) is 28.9 Å². The number of rotatable bonds is 3. The van der Waals surface area contributed by atoms with Gasteiger partial charge in [-0.1, -0.05) is 17.7 Å². The number of nitrogens with zero attached hydrogens (tertiary/aromatic N) is 2. The highest BCUT2D eigenvalue weighted by Gasteiger charge is 2.51. The molecule has 1 heterocycles. The molecule has 0 spiro atoms. The van der Waals surface area contributed by atoms with E-state index < -0.39 is 0 Å². The summed E-state index contributed by atoms with van der Waals surface area (Å²) in [6, 6.07) is 6.09. The zero-order chi connectivity index (χ0) is 18.6. The second-order valence-corrected chi connectivity index (χ2v) is 10.3. The van der Waals surface area contributed by atoms with Crippen LogP contribution in [0.25, 0.3) is 0 Å². The summed E-state index contributed by atoms with van der Waals surface area (Å²) in [5.74, 6) is 3.18. The first-order valence-corrected chi connectivity index (χ1v) is 11.2. The standard InChI is InChI=1S/C23H31ClN2O/c1-16-2-3-20(24)11-21(16)25-4-6-26(7-5-25)22(27)15-23-12-17-8-18(13-23)10-19(9-17)14-23/h2-3,11,17-19H,4-10,12-15H2,1H3. The van der Waals surface area contributed by atoms with Crippen LogP contribution in [0.5, 0.6) is 0 Å². The number of piperazine rings is 1. The molecule has 4 bridgehead atoms. The highest BCUT2D eigenvalue weighted by molar-refractivity contribution is 6.30. The Bertz CT molecular complexity index is 703. The van der Waals surface area contributed by atoms with Crippen LogP contribution in [0.3, 0.4) is 0 Å². The molecule has 6 rings (SSSR count). The van der Waals surface area contributed by atoms with Gasteiger partial charge in [0.1, 0.15) is 0 Å². The van der Waals surface area contributed by atoms with Crippen LogP contribution >= 0.6 is 11.6 Å². The van der Waals surface area contributed by atoms with Crippen molar-refractivity contribution in [1.82, 2.24) is 4.90 Å². The van der Waals surface area contributed by atoms with Crippen LogP contribution < -0.4 is 4.90 Å². The number of benzene rings is 1. The lowest BCUT2D eigenvalue weighted by Gasteiger charge is -2.57. The fourth-order valence-electron chi connectivity index (χ4n) is 7.06. The van der Waals surface area contributed by atoms with Crippen LogP contribution in [0.4, 0.5) is 5.69 Å². The lowest BCUT2D eigenvalue weighted by atomic mass is 9.49. The van der Waals surface area contributed by atoms with Crippen LogP contribution in [0, 0.1) is 30.1 Å². The Hall–Kier alpha value is -1.22. The molecule has 0 atom stereocenters. The zero-order valence-corrected chi connectivity index (χ0v) is 17.2. The average molecular weight is 387 g/mol. The molecular weight excluding hydrogens is 356 g/mol. The maximum atomic E-state index is 13.1. The Balaban J connectivity index is 1.21. The van der Waals surface area contributed by atoms with E-state index in [1.807, 2.05) is 6.07 Å². The minimum atomic E-state index is 0.354. The Morgan fingerprint density at radius 3 is 2.22 bits per heavy atom. The van der Waals surface area contributed by atoms with E-state index in [9.17, 15) is 4.79 Å². The van der Waals surface area contributed by atoms with E-state index in [-0.39, 0.29) is 0 Å². The van der Waals surface area contributed by atoms with Gasteiger partial charge in [-0.3, -0.25) is 4.79 Å². The summed E-state index contributed by atoms with van der Waals surface area (Å²) in [4.78, 5) is 17.7. The summed E-state index contributed by atoms with van der Waals surface area (Å²) in [5, 5.41) is 0.788. The number of anilines is 1. The zero-order valence-electron chi connectivity index (χ0n) is 16.4. The van der Waals surface area contributed by atoms with Crippen LogP contribution in [0.2, 0.25) is 5.02 Å². The summed E-state index contributed by atoms with van der Waals surface area (Å²) >= 11 is 6.20. The van der Waals surface area contributed by atoms with Crippen molar-refractivity contribution in [2.24, 2.45) is 23.2 Å². The number of halogens is 1. The summed E-state index contributed by atoms with van der Waals surface area (Å²) < 4.78 is 0. The van der Waals surface area contributed by atoms with Crippen LogP contribution in [0.1, 0.15) is 50.5 Å². The summed E-state index contributed by atoms with van der Waals surface area (Å²) in [6.07, 6.45) is 9.14. The maximum absolute atomic E-state index is 13.1. The molecule has 0 N–H and O–H groups in total. The van der Waals surface area contributed by atoms with Gasteiger partial charge in [0.05, 0.1) is 0 Å². The molecule has 1 aromatic carbocycles. The minimum Gasteiger partial charge on any atom is -0.368 e. The van der Waals surface area contributed by atoms with Gasteiger partial charge in [-0.2, -0.15) is 0 Å². The second kappa shape index (κ2) is 6.69. The highest BCUT2D eigenvalue weighted by atomic mass is 35.5. The quantitative estimate of drug-likeness (QED) is 0.737. The molecule has 4 saturated carbocycles. The van der Waals surface area contributed by atoms with E-state index in [1.54, 1.807) is 0 Å². The lowest BCUT2D eigenvalue weighted by molar-refractivity contribution is -0.139. The van der Waals surface area contributed by atoms with E-state index in [4.69, 9.17) is 11.6 Å². The van der Waals surface area contributed by atoms with Crippen LogP contribution in [-0.4, -0.2) is 37.0 Å². The fourth-order valence-corrected chi connectivity index (χ4v) is 7.23. The third-order valence-electron chi connectivity index (χ3n) is 7.84. The van der Waals surface area contributed by atoms with Gasteiger partial charge in [-0.05, 0) is 86.3 Å². The topological polar surface area (TPSA) is 23.6 Å².